The van der Waals surface area contributed by atoms with E-state index >= 15 is 0 Å². The fraction of sp³-hybridized carbons (Fsp3) is 0.400. The maximum atomic E-state index is 13.7. The largest absolute Gasteiger partial charge is 0.365 e. The number of nitrogens with one attached hydrogen (secondary N) is 1. The molecule has 0 saturated carbocycles. The first-order chi connectivity index (χ1) is 14.5. The lowest BCUT2D eigenvalue weighted by atomic mass is 10.1. The smallest absolute Gasteiger partial charge is 0.254 e. The van der Waals surface area contributed by atoms with Crippen molar-refractivity contribution in [2.45, 2.75) is 38.1 Å². The third-order valence-corrected chi connectivity index (χ3v) is 5.66. The Morgan fingerprint density at radius 3 is 3.00 bits per heavy atom. The summed E-state index contributed by atoms with van der Waals surface area (Å²) in [5.74, 6) is 0.0451. The Hall–Kier alpha value is -2.94. The SMILES string of the molecule is NC(=O)c1c(CCCCCl)nn2ccc(N3CCC[C@@H]3c3cc(F)c[nH]c3=O)nc12. The Balaban J connectivity index is 1.73. The number of alkyl halides is 1. The molecule has 3 aromatic heterocycles. The zero-order valence-electron chi connectivity index (χ0n) is 16.3. The molecule has 0 aliphatic carbocycles. The maximum absolute atomic E-state index is 13.7. The van der Waals surface area contributed by atoms with Crippen LogP contribution in [0.3, 0.4) is 0 Å². The van der Waals surface area contributed by atoms with E-state index in [1.165, 1.54) is 6.07 Å². The Morgan fingerprint density at radius 2 is 2.23 bits per heavy atom. The van der Waals surface area contributed by atoms with Gasteiger partial charge in [0.15, 0.2) is 5.65 Å². The number of carbonyl (C=O) groups excluding carboxylic acids is 1. The van der Waals surface area contributed by atoms with Gasteiger partial charge in [-0.1, -0.05) is 0 Å². The fourth-order valence-electron chi connectivity index (χ4n) is 4.02. The van der Waals surface area contributed by atoms with E-state index in [4.69, 9.17) is 17.3 Å². The number of nitrogens with two attached hydrogens (primary N) is 1. The summed E-state index contributed by atoms with van der Waals surface area (Å²) in [4.78, 5) is 33.4. The third-order valence-electron chi connectivity index (χ3n) is 5.39. The van der Waals surface area contributed by atoms with Gasteiger partial charge < -0.3 is 15.6 Å². The molecule has 4 rings (SSSR count). The van der Waals surface area contributed by atoms with E-state index in [0.717, 1.165) is 25.5 Å². The minimum absolute atomic E-state index is 0.297. The number of halogens is 2. The van der Waals surface area contributed by atoms with Crippen molar-refractivity contribution >= 4 is 29.0 Å². The standard InChI is InChI=1S/C20H22ClFN6O2/c21-7-2-1-4-14-17(18(23)29)19-25-16(6-9-28(19)26-14)27-8-3-5-15(27)13-10-12(22)11-24-20(13)30/h6,9-11,15H,1-5,7-8H2,(H2,23,29)(H,24,30)/t15-/m1/s1. The zero-order chi connectivity index (χ0) is 21.3. The molecule has 1 fully saturated rings. The number of aromatic amines is 1. The summed E-state index contributed by atoms with van der Waals surface area (Å²) in [5, 5.41) is 4.46. The molecule has 1 atom stereocenters. The van der Waals surface area contributed by atoms with Crippen molar-refractivity contribution in [2.24, 2.45) is 5.73 Å². The quantitative estimate of drug-likeness (QED) is 0.440. The summed E-state index contributed by atoms with van der Waals surface area (Å²) in [6.07, 6.45) is 6.48. The monoisotopic (exact) mass is 432 g/mol. The first kappa shape index (κ1) is 20.3. The Kier molecular flexibility index (Phi) is 5.72. The van der Waals surface area contributed by atoms with Crippen molar-refractivity contribution in [1.82, 2.24) is 19.6 Å². The highest BCUT2D eigenvalue weighted by molar-refractivity contribution is 6.17. The first-order valence-electron chi connectivity index (χ1n) is 9.88. The summed E-state index contributed by atoms with van der Waals surface area (Å²) in [6, 6.07) is 2.74. The molecular weight excluding hydrogens is 411 g/mol. The van der Waals surface area contributed by atoms with Crippen LogP contribution in [-0.2, 0) is 6.42 Å². The average molecular weight is 433 g/mol. The number of primary amides is 1. The number of H-pyrrole nitrogens is 1. The lowest BCUT2D eigenvalue weighted by molar-refractivity contribution is 0.100. The van der Waals surface area contributed by atoms with E-state index in [9.17, 15) is 14.0 Å². The third kappa shape index (κ3) is 3.77. The topological polar surface area (TPSA) is 109 Å². The van der Waals surface area contributed by atoms with Crippen molar-refractivity contribution in [2.75, 3.05) is 17.3 Å². The van der Waals surface area contributed by atoms with E-state index in [2.05, 4.69) is 15.1 Å². The average Bonchev–Trinajstić information content (AvgIpc) is 3.34. The first-order valence-corrected chi connectivity index (χ1v) is 10.4. The predicted octanol–water partition coefficient (Wildman–Crippen LogP) is 2.56. The van der Waals surface area contributed by atoms with Gasteiger partial charge in [0, 0.05) is 30.4 Å². The van der Waals surface area contributed by atoms with Crippen molar-refractivity contribution in [3.8, 4) is 0 Å². The number of nitrogens with zero attached hydrogens (tertiary/aromatic N) is 4. The van der Waals surface area contributed by atoms with Crippen LogP contribution in [-0.4, -0.2) is 37.9 Å². The number of aromatic nitrogens is 4. The zero-order valence-corrected chi connectivity index (χ0v) is 17.0. The minimum atomic E-state index is -0.588. The van der Waals surface area contributed by atoms with Crippen LogP contribution < -0.4 is 16.2 Å². The molecule has 8 nitrogen and oxygen atoms in total. The molecule has 0 unspecified atom stereocenters. The van der Waals surface area contributed by atoms with Crippen LogP contribution in [0.25, 0.3) is 5.65 Å². The number of anilines is 1. The van der Waals surface area contributed by atoms with E-state index in [1.54, 1.807) is 16.8 Å². The van der Waals surface area contributed by atoms with E-state index in [0.29, 0.717) is 53.6 Å². The molecule has 1 amide bonds. The highest BCUT2D eigenvalue weighted by atomic mass is 35.5. The Bertz CT molecular complexity index is 1140. The van der Waals surface area contributed by atoms with Crippen LogP contribution in [0, 0.1) is 5.82 Å². The maximum Gasteiger partial charge on any atom is 0.254 e. The molecule has 0 bridgehead atoms. The molecule has 1 aliphatic rings. The van der Waals surface area contributed by atoms with Gasteiger partial charge in [-0.2, -0.15) is 5.10 Å². The fourth-order valence-corrected chi connectivity index (χ4v) is 4.21. The molecular formula is C20H22ClFN6O2. The number of rotatable bonds is 7. The summed E-state index contributed by atoms with van der Waals surface area (Å²) in [5.41, 5.74) is 6.93. The highest BCUT2D eigenvalue weighted by Crippen LogP contribution is 2.34. The molecule has 0 aromatic carbocycles. The molecule has 1 aliphatic heterocycles. The number of pyridine rings is 1. The van der Waals surface area contributed by atoms with Crippen molar-refractivity contribution < 1.29 is 9.18 Å². The van der Waals surface area contributed by atoms with Crippen molar-refractivity contribution in [3.63, 3.8) is 0 Å². The van der Waals surface area contributed by atoms with Gasteiger partial charge in [0.2, 0.25) is 0 Å². The van der Waals surface area contributed by atoms with Gasteiger partial charge in [-0.3, -0.25) is 9.59 Å². The second-order valence-corrected chi connectivity index (χ2v) is 7.72. The summed E-state index contributed by atoms with van der Waals surface area (Å²) in [6.45, 7) is 0.659. The summed E-state index contributed by atoms with van der Waals surface area (Å²) < 4.78 is 15.3. The van der Waals surface area contributed by atoms with Crippen molar-refractivity contribution in [3.05, 3.63) is 57.5 Å². The lowest BCUT2D eigenvalue weighted by Crippen LogP contribution is -2.28. The molecule has 10 heteroatoms. The van der Waals surface area contributed by atoms with Crippen molar-refractivity contribution in [1.29, 1.82) is 0 Å². The van der Waals surface area contributed by atoms with Gasteiger partial charge in [-0.05, 0) is 44.2 Å². The molecule has 0 spiro atoms. The van der Waals surface area contributed by atoms with Gasteiger partial charge in [-0.15, -0.1) is 11.6 Å². The Morgan fingerprint density at radius 1 is 1.40 bits per heavy atom. The number of aryl methyl sites for hydroxylation is 1. The van der Waals surface area contributed by atoms with Gasteiger partial charge in [0.1, 0.15) is 17.2 Å². The van der Waals surface area contributed by atoms with Crippen LogP contribution in [0.2, 0.25) is 0 Å². The van der Waals surface area contributed by atoms with Gasteiger partial charge in [-0.25, -0.2) is 13.9 Å². The molecule has 1 saturated heterocycles. The van der Waals surface area contributed by atoms with Gasteiger partial charge >= 0.3 is 0 Å². The van der Waals surface area contributed by atoms with Crippen LogP contribution in [0.4, 0.5) is 10.2 Å². The van der Waals surface area contributed by atoms with Crippen LogP contribution in [0.5, 0.6) is 0 Å². The van der Waals surface area contributed by atoms with E-state index < -0.39 is 11.7 Å². The number of fused-ring (bicyclic) bond motifs is 1. The van der Waals surface area contributed by atoms with Crippen LogP contribution in [0.1, 0.15) is 53.3 Å². The molecule has 4 heterocycles. The number of hydrogen-bond donors (Lipinski definition) is 2. The summed E-state index contributed by atoms with van der Waals surface area (Å²) >= 11 is 5.74. The second kappa shape index (κ2) is 8.43. The molecule has 30 heavy (non-hydrogen) atoms. The normalized spacial score (nSPS) is 16.5. The number of amides is 1. The Labute approximate surface area is 176 Å². The predicted molar refractivity (Wildman–Crippen MR) is 112 cm³/mol. The van der Waals surface area contributed by atoms with E-state index in [1.807, 2.05) is 4.90 Å². The number of carbonyl (C=O) groups is 1. The highest BCUT2D eigenvalue weighted by Gasteiger charge is 2.30. The molecule has 3 N–H and O–H groups in total. The van der Waals surface area contributed by atoms with Gasteiger partial charge in [0.05, 0.1) is 11.7 Å². The summed E-state index contributed by atoms with van der Waals surface area (Å²) in [7, 11) is 0. The van der Waals surface area contributed by atoms with Crippen LogP contribution in [0.15, 0.2) is 29.3 Å². The second-order valence-electron chi connectivity index (χ2n) is 7.34. The molecule has 158 valence electrons. The minimum Gasteiger partial charge on any atom is -0.365 e. The van der Waals surface area contributed by atoms with E-state index in [-0.39, 0.29) is 11.6 Å². The van der Waals surface area contributed by atoms with Crippen LogP contribution >= 0.6 is 11.6 Å². The van der Waals surface area contributed by atoms with Gasteiger partial charge in [0.25, 0.3) is 11.5 Å². The number of unbranched alkanes of at least 4 members (excludes halogenated alkanes) is 1. The molecule has 0 radical (unpaired) electrons. The number of hydrogen-bond acceptors (Lipinski definition) is 5. The molecule has 3 aromatic rings. The lowest BCUT2D eigenvalue weighted by Gasteiger charge is -2.25.